The van der Waals surface area contributed by atoms with Gasteiger partial charge in [0.25, 0.3) is 0 Å². The normalized spacial score (nSPS) is 10.3. The fourth-order valence-electron chi connectivity index (χ4n) is 2.02. The molecule has 2 rings (SSSR count). The lowest BCUT2D eigenvalue weighted by Gasteiger charge is -2.11. The summed E-state index contributed by atoms with van der Waals surface area (Å²) in [5.74, 6) is 1.17. The third-order valence-corrected chi connectivity index (χ3v) is 2.93. The maximum atomic E-state index is 9.42. The number of hydrogen-bond acceptors (Lipinski definition) is 2. The molecule has 0 atom stereocenters. The van der Waals surface area contributed by atoms with E-state index in [1.807, 2.05) is 31.2 Å². The molecule has 2 nitrogen and oxygen atoms in total. The van der Waals surface area contributed by atoms with Crippen molar-refractivity contribution in [3.8, 4) is 22.6 Å². The highest BCUT2D eigenvalue weighted by molar-refractivity contribution is 5.71. The third-order valence-electron chi connectivity index (χ3n) is 2.93. The average molecular weight is 228 g/mol. The second kappa shape index (κ2) is 4.50. The van der Waals surface area contributed by atoms with Gasteiger partial charge in [0, 0.05) is 0 Å². The molecule has 0 amide bonds. The second-order valence-corrected chi connectivity index (χ2v) is 4.18. The Labute approximate surface area is 101 Å². The summed E-state index contributed by atoms with van der Waals surface area (Å²) in [7, 11) is 1.67. The molecular formula is C15H16O2. The minimum Gasteiger partial charge on any atom is -0.508 e. The fourth-order valence-corrected chi connectivity index (χ4v) is 2.02. The third kappa shape index (κ3) is 2.26. The van der Waals surface area contributed by atoms with Crippen LogP contribution in [0, 0.1) is 13.8 Å². The number of aromatic hydroxyl groups is 1. The van der Waals surface area contributed by atoms with Crippen LogP contribution in [-0.4, -0.2) is 12.2 Å². The van der Waals surface area contributed by atoms with Crippen LogP contribution >= 0.6 is 0 Å². The van der Waals surface area contributed by atoms with Gasteiger partial charge in [0.1, 0.15) is 11.5 Å². The topological polar surface area (TPSA) is 29.5 Å². The molecule has 0 radical (unpaired) electrons. The number of rotatable bonds is 2. The molecule has 0 aliphatic heterocycles. The Morgan fingerprint density at radius 2 is 1.47 bits per heavy atom. The highest BCUT2D eigenvalue weighted by atomic mass is 16.5. The number of aryl methyl sites for hydroxylation is 2. The van der Waals surface area contributed by atoms with E-state index in [0.717, 1.165) is 22.4 Å². The molecule has 1 N–H and O–H groups in total. The van der Waals surface area contributed by atoms with Gasteiger partial charge in [-0.25, -0.2) is 0 Å². The molecule has 0 saturated carbocycles. The van der Waals surface area contributed by atoms with E-state index in [-0.39, 0.29) is 0 Å². The van der Waals surface area contributed by atoms with Gasteiger partial charge in [-0.15, -0.1) is 0 Å². The Morgan fingerprint density at radius 3 is 2.00 bits per heavy atom. The number of methoxy groups -OCH3 is 1. The molecule has 0 fully saturated rings. The van der Waals surface area contributed by atoms with E-state index in [9.17, 15) is 5.11 Å². The smallest absolute Gasteiger partial charge is 0.119 e. The molecule has 0 bridgehead atoms. The van der Waals surface area contributed by atoms with Crippen molar-refractivity contribution in [1.29, 1.82) is 0 Å². The summed E-state index contributed by atoms with van der Waals surface area (Å²) in [6.07, 6.45) is 0. The van der Waals surface area contributed by atoms with E-state index >= 15 is 0 Å². The molecule has 2 heteroatoms. The first-order chi connectivity index (χ1) is 8.11. The van der Waals surface area contributed by atoms with E-state index in [1.165, 1.54) is 5.56 Å². The molecule has 2 aromatic rings. The summed E-state index contributed by atoms with van der Waals surface area (Å²) >= 11 is 0. The van der Waals surface area contributed by atoms with Gasteiger partial charge in [0.15, 0.2) is 0 Å². The monoisotopic (exact) mass is 228 g/mol. The number of ether oxygens (including phenoxy) is 1. The van der Waals surface area contributed by atoms with Crippen LogP contribution in [0.5, 0.6) is 11.5 Å². The second-order valence-electron chi connectivity index (χ2n) is 4.18. The van der Waals surface area contributed by atoms with Crippen molar-refractivity contribution >= 4 is 0 Å². The Hall–Kier alpha value is -1.96. The van der Waals surface area contributed by atoms with Crippen LogP contribution in [0.25, 0.3) is 11.1 Å². The van der Waals surface area contributed by atoms with E-state index in [4.69, 9.17) is 4.74 Å². The molecule has 0 aliphatic carbocycles. The Kier molecular flexibility index (Phi) is 3.05. The average Bonchev–Trinajstić information content (AvgIpc) is 2.30. The van der Waals surface area contributed by atoms with Crippen LogP contribution in [-0.2, 0) is 0 Å². The van der Waals surface area contributed by atoms with E-state index in [1.54, 1.807) is 19.2 Å². The maximum absolute atomic E-state index is 9.42. The van der Waals surface area contributed by atoms with Crippen molar-refractivity contribution in [1.82, 2.24) is 0 Å². The quantitative estimate of drug-likeness (QED) is 0.849. The zero-order chi connectivity index (χ0) is 12.4. The molecule has 17 heavy (non-hydrogen) atoms. The summed E-state index contributed by atoms with van der Waals surface area (Å²) in [6.45, 7) is 4.06. The molecule has 88 valence electrons. The Bertz CT molecular complexity index is 545. The van der Waals surface area contributed by atoms with Crippen LogP contribution < -0.4 is 4.74 Å². The summed E-state index contributed by atoms with van der Waals surface area (Å²) in [5.41, 5.74) is 4.54. The van der Waals surface area contributed by atoms with Crippen molar-refractivity contribution in [3.05, 3.63) is 47.5 Å². The SMILES string of the molecule is COc1ccc(-c2ccc(O)cc2C)c(C)c1. The van der Waals surface area contributed by atoms with E-state index < -0.39 is 0 Å². The van der Waals surface area contributed by atoms with Crippen molar-refractivity contribution in [3.63, 3.8) is 0 Å². The lowest BCUT2D eigenvalue weighted by atomic mass is 9.96. The van der Waals surface area contributed by atoms with Crippen LogP contribution in [0.15, 0.2) is 36.4 Å². The minimum absolute atomic E-state index is 0.303. The van der Waals surface area contributed by atoms with E-state index in [0.29, 0.717) is 5.75 Å². The molecule has 0 saturated heterocycles. The summed E-state index contributed by atoms with van der Waals surface area (Å²) in [6, 6.07) is 11.5. The number of hydrogen-bond donors (Lipinski definition) is 1. The van der Waals surface area contributed by atoms with E-state index in [2.05, 4.69) is 6.92 Å². The summed E-state index contributed by atoms with van der Waals surface area (Å²) in [5, 5.41) is 9.42. The first-order valence-corrected chi connectivity index (χ1v) is 5.56. The largest absolute Gasteiger partial charge is 0.508 e. The summed E-state index contributed by atoms with van der Waals surface area (Å²) in [4.78, 5) is 0. The molecule has 0 unspecified atom stereocenters. The minimum atomic E-state index is 0.303. The predicted molar refractivity (Wildman–Crippen MR) is 69.6 cm³/mol. The highest BCUT2D eigenvalue weighted by Crippen LogP contribution is 2.30. The van der Waals surface area contributed by atoms with Gasteiger partial charge in [0.05, 0.1) is 7.11 Å². The summed E-state index contributed by atoms with van der Waals surface area (Å²) < 4.78 is 5.20. The molecule has 0 spiro atoms. The number of phenolic OH excluding ortho intramolecular Hbond substituents is 1. The Balaban J connectivity index is 2.53. The first kappa shape index (κ1) is 11.5. The van der Waals surface area contributed by atoms with Crippen LogP contribution in [0.1, 0.15) is 11.1 Å². The van der Waals surface area contributed by atoms with Gasteiger partial charge in [-0.1, -0.05) is 12.1 Å². The van der Waals surface area contributed by atoms with Crippen LogP contribution in [0.4, 0.5) is 0 Å². The molecular weight excluding hydrogens is 212 g/mol. The van der Waals surface area contributed by atoms with Crippen molar-refractivity contribution in [2.24, 2.45) is 0 Å². The van der Waals surface area contributed by atoms with Crippen LogP contribution in [0.2, 0.25) is 0 Å². The van der Waals surface area contributed by atoms with Gasteiger partial charge in [-0.05, 0) is 60.4 Å². The highest BCUT2D eigenvalue weighted by Gasteiger charge is 2.06. The molecule has 0 aromatic heterocycles. The molecule has 2 aromatic carbocycles. The maximum Gasteiger partial charge on any atom is 0.119 e. The lowest BCUT2D eigenvalue weighted by Crippen LogP contribution is -1.89. The Morgan fingerprint density at radius 1 is 0.882 bits per heavy atom. The van der Waals surface area contributed by atoms with Crippen LogP contribution in [0.3, 0.4) is 0 Å². The number of benzene rings is 2. The molecule has 0 aliphatic rings. The van der Waals surface area contributed by atoms with Gasteiger partial charge in [-0.2, -0.15) is 0 Å². The van der Waals surface area contributed by atoms with Gasteiger partial charge in [-0.3, -0.25) is 0 Å². The van der Waals surface area contributed by atoms with Crippen molar-refractivity contribution in [2.45, 2.75) is 13.8 Å². The fraction of sp³-hybridized carbons (Fsp3) is 0.200. The zero-order valence-corrected chi connectivity index (χ0v) is 10.3. The standard InChI is InChI=1S/C15H16O2/c1-10-8-12(16)4-6-14(10)15-7-5-13(17-3)9-11(15)2/h4-9,16H,1-3H3. The van der Waals surface area contributed by atoms with Crippen molar-refractivity contribution in [2.75, 3.05) is 7.11 Å². The van der Waals surface area contributed by atoms with Gasteiger partial charge >= 0.3 is 0 Å². The van der Waals surface area contributed by atoms with Gasteiger partial charge in [0.2, 0.25) is 0 Å². The zero-order valence-electron chi connectivity index (χ0n) is 10.3. The number of phenols is 1. The lowest BCUT2D eigenvalue weighted by molar-refractivity contribution is 0.414. The van der Waals surface area contributed by atoms with Crippen molar-refractivity contribution < 1.29 is 9.84 Å². The first-order valence-electron chi connectivity index (χ1n) is 5.56. The molecule has 0 heterocycles. The predicted octanol–water partition coefficient (Wildman–Crippen LogP) is 3.68. The van der Waals surface area contributed by atoms with Gasteiger partial charge < -0.3 is 9.84 Å².